The predicted octanol–water partition coefficient (Wildman–Crippen LogP) is 2.14. The van der Waals surface area contributed by atoms with Gasteiger partial charge in [0.15, 0.2) is 0 Å². The molecular formula is C12H16ClNO2. The van der Waals surface area contributed by atoms with Crippen LogP contribution in [0.1, 0.15) is 18.1 Å². The monoisotopic (exact) mass is 241 g/mol. The van der Waals surface area contributed by atoms with E-state index in [2.05, 4.69) is 0 Å². The van der Waals surface area contributed by atoms with Crippen LogP contribution in [-0.2, 0) is 16.1 Å². The number of hydrogen-bond donors (Lipinski definition) is 1. The summed E-state index contributed by atoms with van der Waals surface area (Å²) in [5, 5.41) is 0. The zero-order valence-corrected chi connectivity index (χ0v) is 10.00. The highest BCUT2D eigenvalue weighted by Gasteiger charge is 1.94. The average molecular weight is 242 g/mol. The van der Waals surface area contributed by atoms with Crippen LogP contribution in [0.5, 0.6) is 0 Å². The fourth-order valence-electron chi connectivity index (χ4n) is 1.18. The van der Waals surface area contributed by atoms with Gasteiger partial charge in [0.1, 0.15) is 0 Å². The van der Waals surface area contributed by atoms with Crippen LogP contribution in [0.3, 0.4) is 0 Å². The molecule has 0 fully saturated rings. The van der Waals surface area contributed by atoms with Crippen molar-refractivity contribution < 1.29 is 9.53 Å². The second kappa shape index (κ2) is 7.91. The lowest BCUT2D eigenvalue weighted by Crippen LogP contribution is -1.99. The number of ether oxygens (including phenoxy) is 1. The molecule has 4 heteroatoms. The Balaban J connectivity index is 0.00000225. The van der Waals surface area contributed by atoms with Gasteiger partial charge in [-0.3, -0.25) is 0 Å². The zero-order chi connectivity index (χ0) is 11.1. The van der Waals surface area contributed by atoms with Gasteiger partial charge in [-0.05, 0) is 24.1 Å². The lowest BCUT2D eigenvalue weighted by atomic mass is 10.1. The molecule has 0 aliphatic heterocycles. The van der Waals surface area contributed by atoms with Crippen molar-refractivity contribution in [2.45, 2.75) is 13.5 Å². The minimum Gasteiger partial charge on any atom is -0.463 e. The van der Waals surface area contributed by atoms with Gasteiger partial charge in [0.2, 0.25) is 0 Å². The second-order valence-corrected chi connectivity index (χ2v) is 3.03. The van der Waals surface area contributed by atoms with Crippen LogP contribution in [0.4, 0.5) is 0 Å². The van der Waals surface area contributed by atoms with E-state index in [0.717, 1.165) is 11.1 Å². The third-order valence-electron chi connectivity index (χ3n) is 1.89. The molecule has 0 aliphatic rings. The van der Waals surface area contributed by atoms with E-state index in [1.54, 1.807) is 13.0 Å². The normalized spacial score (nSPS) is 9.88. The second-order valence-electron chi connectivity index (χ2n) is 3.03. The molecule has 0 heterocycles. The molecule has 88 valence electrons. The molecule has 0 saturated heterocycles. The van der Waals surface area contributed by atoms with Crippen molar-refractivity contribution in [3.8, 4) is 0 Å². The molecule has 0 bridgehead atoms. The third-order valence-corrected chi connectivity index (χ3v) is 1.89. The predicted molar refractivity (Wildman–Crippen MR) is 67.2 cm³/mol. The van der Waals surface area contributed by atoms with Crippen LogP contribution in [0.15, 0.2) is 30.3 Å². The van der Waals surface area contributed by atoms with E-state index < -0.39 is 0 Å². The third kappa shape index (κ3) is 4.96. The summed E-state index contributed by atoms with van der Waals surface area (Å²) in [7, 11) is 0. The number of carbonyl (C=O) groups is 1. The maximum atomic E-state index is 11.0. The average Bonchev–Trinajstić information content (AvgIpc) is 2.27. The highest BCUT2D eigenvalue weighted by Crippen LogP contribution is 2.06. The van der Waals surface area contributed by atoms with Crippen LogP contribution >= 0.6 is 12.4 Å². The molecule has 0 saturated carbocycles. The Morgan fingerprint density at radius 1 is 1.50 bits per heavy atom. The SMILES string of the molecule is CCOC(=O)C=Cc1cccc(CN)c1.Cl. The molecule has 1 aromatic carbocycles. The molecule has 16 heavy (non-hydrogen) atoms. The first-order valence-electron chi connectivity index (χ1n) is 4.90. The molecule has 0 amide bonds. The van der Waals surface area contributed by atoms with Gasteiger partial charge in [-0.2, -0.15) is 0 Å². The highest BCUT2D eigenvalue weighted by atomic mass is 35.5. The van der Waals surface area contributed by atoms with Crippen molar-refractivity contribution in [3.05, 3.63) is 41.5 Å². The lowest BCUT2D eigenvalue weighted by molar-refractivity contribution is -0.137. The summed E-state index contributed by atoms with van der Waals surface area (Å²) in [5.41, 5.74) is 7.50. The van der Waals surface area contributed by atoms with Crippen LogP contribution in [-0.4, -0.2) is 12.6 Å². The Labute approximate surface area is 102 Å². The van der Waals surface area contributed by atoms with E-state index in [1.165, 1.54) is 6.08 Å². The Hall–Kier alpha value is -1.32. The maximum Gasteiger partial charge on any atom is 0.330 e. The number of hydrogen-bond acceptors (Lipinski definition) is 3. The van der Waals surface area contributed by atoms with Crippen molar-refractivity contribution >= 4 is 24.5 Å². The topological polar surface area (TPSA) is 52.3 Å². The molecule has 0 atom stereocenters. The molecule has 0 spiro atoms. The summed E-state index contributed by atoms with van der Waals surface area (Å²) in [6, 6.07) is 7.71. The number of esters is 1. The quantitative estimate of drug-likeness (QED) is 0.649. The summed E-state index contributed by atoms with van der Waals surface area (Å²) < 4.78 is 4.77. The molecule has 1 aromatic rings. The van der Waals surface area contributed by atoms with Gasteiger partial charge in [0, 0.05) is 12.6 Å². The fraction of sp³-hybridized carbons (Fsp3) is 0.250. The van der Waals surface area contributed by atoms with E-state index in [4.69, 9.17) is 10.5 Å². The summed E-state index contributed by atoms with van der Waals surface area (Å²) in [6.07, 6.45) is 3.14. The Bertz CT molecular complexity index is 364. The number of nitrogens with two attached hydrogens (primary N) is 1. The van der Waals surface area contributed by atoms with Crippen molar-refractivity contribution in [2.75, 3.05) is 6.61 Å². The smallest absolute Gasteiger partial charge is 0.330 e. The number of rotatable bonds is 4. The van der Waals surface area contributed by atoms with E-state index in [-0.39, 0.29) is 18.4 Å². The molecular weight excluding hydrogens is 226 g/mol. The first kappa shape index (κ1) is 14.7. The van der Waals surface area contributed by atoms with Gasteiger partial charge in [0.05, 0.1) is 6.61 Å². The van der Waals surface area contributed by atoms with Crippen molar-refractivity contribution in [2.24, 2.45) is 5.73 Å². The van der Waals surface area contributed by atoms with Crippen LogP contribution in [0.2, 0.25) is 0 Å². The molecule has 0 radical (unpaired) electrons. The molecule has 3 nitrogen and oxygen atoms in total. The van der Waals surface area contributed by atoms with Crippen LogP contribution in [0.25, 0.3) is 6.08 Å². The maximum absolute atomic E-state index is 11.0. The first-order chi connectivity index (χ1) is 7.26. The fourth-order valence-corrected chi connectivity index (χ4v) is 1.18. The lowest BCUT2D eigenvalue weighted by Gasteiger charge is -1.98. The Morgan fingerprint density at radius 2 is 2.25 bits per heavy atom. The van der Waals surface area contributed by atoms with E-state index in [0.29, 0.717) is 13.2 Å². The Morgan fingerprint density at radius 3 is 2.88 bits per heavy atom. The minimum atomic E-state index is -0.323. The van der Waals surface area contributed by atoms with E-state index in [9.17, 15) is 4.79 Å². The first-order valence-corrected chi connectivity index (χ1v) is 4.90. The van der Waals surface area contributed by atoms with Crippen LogP contribution in [0, 0.1) is 0 Å². The van der Waals surface area contributed by atoms with Crippen LogP contribution < -0.4 is 5.73 Å². The van der Waals surface area contributed by atoms with Crippen molar-refractivity contribution in [3.63, 3.8) is 0 Å². The highest BCUT2D eigenvalue weighted by molar-refractivity contribution is 5.87. The Kier molecular flexibility index (Phi) is 7.25. The van der Waals surface area contributed by atoms with Crippen molar-refractivity contribution in [1.82, 2.24) is 0 Å². The number of halogens is 1. The molecule has 0 aliphatic carbocycles. The zero-order valence-electron chi connectivity index (χ0n) is 9.18. The summed E-state index contributed by atoms with van der Waals surface area (Å²) in [6.45, 7) is 2.67. The standard InChI is InChI=1S/C12H15NO2.ClH/c1-2-15-12(14)7-6-10-4-3-5-11(8-10)9-13;/h3-8H,2,9,13H2,1H3;1H. The summed E-state index contributed by atoms with van der Waals surface area (Å²) >= 11 is 0. The van der Waals surface area contributed by atoms with Gasteiger partial charge in [-0.25, -0.2) is 4.79 Å². The number of carbonyl (C=O) groups excluding carboxylic acids is 1. The van der Waals surface area contributed by atoms with Gasteiger partial charge in [-0.1, -0.05) is 24.3 Å². The summed E-state index contributed by atoms with van der Waals surface area (Å²) in [4.78, 5) is 11.0. The van der Waals surface area contributed by atoms with E-state index >= 15 is 0 Å². The molecule has 0 unspecified atom stereocenters. The van der Waals surface area contributed by atoms with E-state index in [1.807, 2.05) is 24.3 Å². The molecule has 0 aromatic heterocycles. The molecule has 1 rings (SSSR count). The summed E-state index contributed by atoms with van der Waals surface area (Å²) in [5.74, 6) is -0.323. The van der Waals surface area contributed by atoms with Gasteiger partial charge >= 0.3 is 5.97 Å². The van der Waals surface area contributed by atoms with Crippen molar-refractivity contribution in [1.29, 1.82) is 0 Å². The minimum absolute atomic E-state index is 0. The van der Waals surface area contributed by atoms with Gasteiger partial charge in [0.25, 0.3) is 0 Å². The van der Waals surface area contributed by atoms with Gasteiger partial charge in [-0.15, -0.1) is 12.4 Å². The van der Waals surface area contributed by atoms with Gasteiger partial charge < -0.3 is 10.5 Å². The molecule has 2 N–H and O–H groups in total. The number of benzene rings is 1. The largest absolute Gasteiger partial charge is 0.463 e.